The van der Waals surface area contributed by atoms with E-state index in [-0.39, 0.29) is 5.69 Å². The van der Waals surface area contributed by atoms with Crippen LogP contribution in [0.1, 0.15) is 25.0 Å². The first kappa shape index (κ1) is 13.2. The minimum absolute atomic E-state index is 0.193. The molecule has 0 bridgehead atoms. The molecule has 98 valence electrons. The molecule has 0 fully saturated rings. The Balaban J connectivity index is 2.18. The lowest BCUT2D eigenvalue weighted by Gasteiger charge is -2.04. The zero-order valence-electron chi connectivity index (χ0n) is 9.81. The molecule has 1 amide bonds. The fourth-order valence-electron chi connectivity index (χ4n) is 1.43. The van der Waals surface area contributed by atoms with Crippen molar-refractivity contribution in [3.8, 4) is 0 Å². The number of nitrogens with one attached hydrogen (secondary N) is 1. The van der Waals surface area contributed by atoms with E-state index < -0.39 is 23.3 Å². The monoisotopic (exact) mass is 280 g/mol. The molecule has 2 rings (SSSR count). The number of carboxylic acids is 1. The molecule has 1 aromatic heterocycles. The van der Waals surface area contributed by atoms with Crippen LogP contribution in [0.25, 0.3) is 0 Å². The molecule has 0 aliphatic carbocycles. The van der Waals surface area contributed by atoms with E-state index in [9.17, 15) is 14.0 Å². The average molecular weight is 280 g/mol. The number of thiazole rings is 1. The SMILES string of the molecule is Cc1ncc(C(=O)Nc2ccc(C(=O)O)c(F)c2)s1. The van der Waals surface area contributed by atoms with Crippen LogP contribution in [0, 0.1) is 12.7 Å². The smallest absolute Gasteiger partial charge is 0.338 e. The van der Waals surface area contributed by atoms with Gasteiger partial charge in [0.2, 0.25) is 0 Å². The summed E-state index contributed by atoms with van der Waals surface area (Å²) in [5, 5.41) is 11.9. The van der Waals surface area contributed by atoms with Crippen LogP contribution >= 0.6 is 11.3 Å². The van der Waals surface area contributed by atoms with Crippen molar-refractivity contribution in [3.63, 3.8) is 0 Å². The molecule has 19 heavy (non-hydrogen) atoms. The Kier molecular flexibility index (Phi) is 3.57. The Morgan fingerprint density at radius 1 is 1.42 bits per heavy atom. The summed E-state index contributed by atoms with van der Waals surface area (Å²) in [4.78, 5) is 26.8. The van der Waals surface area contributed by atoms with Gasteiger partial charge in [-0.15, -0.1) is 11.3 Å². The third-order valence-corrected chi connectivity index (χ3v) is 3.21. The number of aromatic carboxylic acids is 1. The molecule has 0 unspecified atom stereocenters. The maximum atomic E-state index is 13.4. The molecule has 1 aromatic carbocycles. The van der Waals surface area contributed by atoms with Crippen LogP contribution in [0.15, 0.2) is 24.4 Å². The minimum Gasteiger partial charge on any atom is -0.478 e. The molecule has 0 aliphatic heterocycles. The molecule has 5 nitrogen and oxygen atoms in total. The van der Waals surface area contributed by atoms with Crippen LogP contribution in [0.4, 0.5) is 10.1 Å². The summed E-state index contributed by atoms with van der Waals surface area (Å²) in [5.74, 6) is -2.66. The number of anilines is 1. The second kappa shape index (κ2) is 5.15. The lowest BCUT2D eigenvalue weighted by molar-refractivity contribution is 0.0692. The number of aromatic nitrogens is 1. The maximum absolute atomic E-state index is 13.4. The predicted molar refractivity (Wildman–Crippen MR) is 68.2 cm³/mol. The van der Waals surface area contributed by atoms with Crippen molar-refractivity contribution in [3.05, 3.63) is 45.7 Å². The number of aryl methyl sites for hydroxylation is 1. The van der Waals surface area contributed by atoms with Gasteiger partial charge in [0, 0.05) is 5.69 Å². The van der Waals surface area contributed by atoms with Crippen molar-refractivity contribution in [2.75, 3.05) is 5.32 Å². The van der Waals surface area contributed by atoms with Gasteiger partial charge in [0.15, 0.2) is 0 Å². The average Bonchev–Trinajstić information content (AvgIpc) is 2.75. The molecule has 0 saturated heterocycles. The highest BCUT2D eigenvalue weighted by Gasteiger charge is 2.13. The van der Waals surface area contributed by atoms with Gasteiger partial charge >= 0.3 is 5.97 Å². The summed E-state index contributed by atoms with van der Waals surface area (Å²) in [5.41, 5.74) is -0.245. The number of carboxylic acid groups (broad SMARTS) is 1. The number of halogens is 1. The highest BCUT2D eigenvalue weighted by Crippen LogP contribution is 2.17. The molecular weight excluding hydrogens is 271 g/mol. The van der Waals surface area contributed by atoms with Gasteiger partial charge in [0.1, 0.15) is 10.7 Å². The molecular formula is C12H9FN2O3S. The van der Waals surface area contributed by atoms with Gasteiger partial charge in [-0.05, 0) is 25.1 Å². The van der Waals surface area contributed by atoms with Gasteiger partial charge < -0.3 is 10.4 Å². The van der Waals surface area contributed by atoms with Crippen molar-refractivity contribution in [2.24, 2.45) is 0 Å². The molecule has 1 heterocycles. The van der Waals surface area contributed by atoms with Crippen LogP contribution < -0.4 is 5.32 Å². The van der Waals surface area contributed by atoms with E-state index >= 15 is 0 Å². The zero-order chi connectivity index (χ0) is 14.0. The van der Waals surface area contributed by atoms with E-state index in [4.69, 9.17) is 5.11 Å². The van der Waals surface area contributed by atoms with Crippen molar-refractivity contribution < 1.29 is 19.1 Å². The van der Waals surface area contributed by atoms with E-state index in [0.717, 1.165) is 17.1 Å². The van der Waals surface area contributed by atoms with Crippen molar-refractivity contribution in [1.29, 1.82) is 0 Å². The number of carbonyl (C=O) groups is 2. The van der Waals surface area contributed by atoms with Gasteiger partial charge in [-0.25, -0.2) is 14.2 Å². The normalized spacial score (nSPS) is 10.2. The molecule has 2 N–H and O–H groups in total. The third kappa shape index (κ3) is 2.94. The Bertz CT molecular complexity index is 654. The van der Waals surface area contributed by atoms with E-state index in [1.54, 1.807) is 6.92 Å². The molecule has 0 saturated carbocycles. The van der Waals surface area contributed by atoms with Gasteiger partial charge in [-0.2, -0.15) is 0 Å². The van der Waals surface area contributed by atoms with Gasteiger partial charge in [0.05, 0.1) is 16.8 Å². The fourth-order valence-corrected chi connectivity index (χ4v) is 2.10. The second-order valence-corrected chi connectivity index (χ2v) is 4.93. The molecule has 0 radical (unpaired) electrons. The van der Waals surface area contributed by atoms with Crippen LogP contribution in [0.5, 0.6) is 0 Å². The lowest BCUT2D eigenvalue weighted by atomic mass is 10.2. The number of hydrogen-bond donors (Lipinski definition) is 2. The van der Waals surface area contributed by atoms with Crippen LogP contribution in [0.2, 0.25) is 0 Å². The quantitative estimate of drug-likeness (QED) is 0.905. The van der Waals surface area contributed by atoms with Gasteiger partial charge in [-0.3, -0.25) is 4.79 Å². The Hall–Kier alpha value is -2.28. The zero-order valence-corrected chi connectivity index (χ0v) is 10.6. The van der Waals surface area contributed by atoms with Crippen molar-refractivity contribution in [2.45, 2.75) is 6.92 Å². The summed E-state index contributed by atoms with van der Waals surface area (Å²) >= 11 is 1.22. The molecule has 0 spiro atoms. The number of benzene rings is 1. The summed E-state index contributed by atoms with van der Waals surface area (Å²) in [6.45, 7) is 1.77. The van der Waals surface area contributed by atoms with Crippen molar-refractivity contribution in [1.82, 2.24) is 4.98 Å². The first-order valence-corrected chi connectivity index (χ1v) is 6.05. The fraction of sp³-hybridized carbons (Fsp3) is 0.0833. The van der Waals surface area contributed by atoms with E-state index in [1.807, 2.05) is 0 Å². The Morgan fingerprint density at radius 3 is 2.68 bits per heavy atom. The lowest BCUT2D eigenvalue weighted by Crippen LogP contribution is -2.11. The largest absolute Gasteiger partial charge is 0.478 e. The number of carbonyl (C=O) groups excluding carboxylic acids is 1. The second-order valence-electron chi connectivity index (χ2n) is 3.70. The summed E-state index contributed by atoms with van der Waals surface area (Å²) in [7, 11) is 0. The van der Waals surface area contributed by atoms with Crippen molar-refractivity contribution >= 4 is 28.9 Å². The number of amides is 1. The van der Waals surface area contributed by atoms with E-state index in [2.05, 4.69) is 10.3 Å². The highest BCUT2D eigenvalue weighted by molar-refractivity contribution is 7.13. The maximum Gasteiger partial charge on any atom is 0.338 e. The highest BCUT2D eigenvalue weighted by atomic mass is 32.1. The van der Waals surface area contributed by atoms with E-state index in [0.29, 0.717) is 4.88 Å². The molecule has 2 aromatic rings. The summed E-state index contributed by atoms with van der Waals surface area (Å²) in [6, 6.07) is 3.40. The first-order chi connectivity index (χ1) is 8.97. The Morgan fingerprint density at radius 2 is 2.16 bits per heavy atom. The topological polar surface area (TPSA) is 79.3 Å². The molecule has 7 heteroatoms. The van der Waals surface area contributed by atoms with Crippen LogP contribution in [0.3, 0.4) is 0 Å². The summed E-state index contributed by atoms with van der Waals surface area (Å²) < 4.78 is 13.4. The van der Waals surface area contributed by atoms with Crippen LogP contribution in [-0.2, 0) is 0 Å². The molecule has 0 aliphatic rings. The van der Waals surface area contributed by atoms with Gasteiger partial charge in [0.25, 0.3) is 5.91 Å². The van der Waals surface area contributed by atoms with Crippen LogP contribution in [-0.4, -0.2) is 22.0 Å². The van der Waals surface area contributed by atoms with Gasteiger partial charge in [-0.1, -0.05) is 0 Å². The standard InChI is InChI=1S/C12H9FN2O3S/c1-6-14-5-10(19-6)11(16)15-7-2-3-8(12(17)18)9(13)4-7/h2-5H,1H3,(H,15,16)(H,17,18). The predicted octanol–water partition coefficient (Wildman–Crippen LogP) is 2.54. The Labute approximate surface area is 111 Å². The molecule has 0 atom stereocenters. The third-order valence-electron chi connectivity index (χ3n) is 2.30. The number of hydrogen-bond acceptors (Lipinski definition) is 4. The number of rotatable bonds is 3. The van der Waals surface area contributed by atoms with E-state index in [1.165, 1.54) is 23.6 Å². The summed E-state index contributed by atoms with van der Waals surface area (Å²) in [6.07, 6.45) is 1.43. The minimum atomic E-state index is -1.35. The number of nitrogens with zero attached hydrogens (tertiary/aromatic N) is 1. The first-order valence-electron chi connectivity index (χ1n) is 5.24.